The summed E-state index contributed by atoms with van der Waals surface area (Å²) in [6.07, 6.45) is 2.37. The molecule has 1 heterocycles. The molecule has 0 aliphatic rings. The molecule has 7 heteroatoms. The van der Waals surface area contributed by atoms with Crippen LogP contribution in [0, 0.1) is 0 Å². The molecule has 0 aliphatic carbocycles. The Morgan fingerprint density at radius 2 is 2.21 bits per heavy atom. The van der Waals surface area contributed by atoms with Gasteiger partial charge in [-0.05, 0) is 34.2 Å². The third-order valence-corrected chi connectivity index (χ3v) is 3.82. The summed E-state index contributed by atoms with van der Waals surface area (Å²) in [7, 11) is 0. The van der Waals surface area contributed by atoms with Crippen LogP contribution in [-0.2, 0) is 11.3 Å². The van der Waals surface area contributed by atoms with Crippen molar-refractivity contribution in [2.45, 2.75) is 13.0 Å². The number of hydrogen-bond donors (Lipinski definition) is 2. The fourth-order valence-electron chi connectivity index (χ4n) is 1.37. The monoisotopic (exact) mass is 348 g/mol. The lowest BCUT2D eigenvalue weighted by Crippen LogP contribution is -2.33. The summed E-state index contributed by atoms with van der Waals surface area (Å²) < 4.78 is 2.12. The molecule has 5 nitrogen and oxygen atoms in total. The molecule has 0 spiro atoms. The molecule has 0 aliphatic heterocycles. The minimum Gasteiger partial charge on any atom is -0.396 e. The molecule has 1 aromatic rings. The van der Waals surface area contributed by atoms with Crippen LogP contribution in [0.3, 0.4) is 0 Å². The molecular weight excluding hydrogens is 332 g/mol. The molecular formula is C12H17BrN2O3S. The zero-order valence-corrected chi connectivity index (χ0v) is 12.9. The molecule has 2 N–H and O–H groups in total. The Labute approximate surface area is 124 Å². The first-order valence-electron chi connectivity index (χ1n) is 5.95. The highest BCUT2D eigenvalue weighted by molar-refractivity contribution is 9.10. The predicted octanol–water partition coefficient (Wildman–Crippen LogP) is 0.843. The summed E-state index contributed by atoms with van der Waals surface area (Å²) in [4.78, 5) is 23.1. The fraction of sp³-hybridized carbons (Fsp3) is 0.500. The molecule has 106 valence electrons. The summed E-state index contributed by atoms with van der Waals surface area (Å²) in [5.74, 6) is 1.51. The van der Waals surface area contributed by atoms with E-state index in [1.807, 2.05) is 0 Å². The van der Waals surface area contributed by atoms with Crippen molar-refractivity contribution in [1.29, 1.82) is 0 Å². The maximum absolute atomic E-state index is 11.6. The maximum Gasteiger partial charge on any atom is 0.251 e. The number of pyridine rings is 1. The molecule has 1 rings (SSSR count). The molecule has 0 atom stereocenters. The third kappa shape index (κ3) is 6.79. The van der Waals surface area contributed by atoms with Gasteiger partial charge < -0.3 is 15.0 Å². The van der Waals surface area contributed by atoms with Crippen molar-refractivity contribution in [3.8, 4) is 0 Å². The van der Waals surface area contributed by atoms with Crippen LogP contribution in [0.4, 0.5) is 0 Å². The van der Waals surface area contributed by atoms with Gasteiger partial charge in [0.05, 0.1) is 0 Å². The van der Waals surface area contributed by atoms with Crippen LogP contribution in [0.5, 0.6) is 0 Å². The first-order valence-corrected chi connectivity index (χ1v) is 7.89. The Hall–Kier alpha value is -0.790. The van der Waals surface area contributed by atoms with Gasteiger partial charge in [-0.3, -0.25) is 9.59 Å². The first-order chi connectivity index (χ1) is 9.13. The Bertz CT molecular complexity index is 465. The van der Waals surface area contributed by atoms with Crippen LogP contribution < -0.4 is 10.9 Å². The van der Waals surface area contributed by atoms with E-state index >= 15 is 0 Å². The van der Waals surface area contributed by atoms with Gasteiger partial charge in [-0.15, -0.1) is 0 Å². The topological polar surface area (TPSA) is 71.3 Å². The van der Waals surface area contributed by atoms with Crippen molar-refractivity contribution in [2.24, 2.45) is 0 Å². The Morgan fingerprint density at radius 3 is 2.95 bits per heavy atom. The van der Waals surface area contributed by atoms with Crippen LogP contribution >= 0.6 is 27.7 Å². The first kappa shape index (κ1) is 16.3. The molecule has 0 aromatic carbocycles. The lowest BCUT2D eigenvalue weighted by atomic mass is 10.4. The predicted molar refractivity (Wildman–Crippen MR) is 80.4 cm³/mol. The van der Waals surface area contributed by atoms with Gasteiger partial charge in [0.15, 0.2) is 0 Å². The summed E-state index contributed by atoms with van der Waals surface area (Å²) in [5, 5.41) is 11.4. The third-order valence-electron chi connectivity index (χ3n) is 2.28. The quantitative estimate of drug-likeness (QED) is 0.683. The van der Waals surface area contributed by atoms with E-state index < -0.39 is 0 Å². The number of aromatic nitrogens is 1. The normalized spacial score (nSPS) is 10.4. The van der Waals surface area contributed by atoms with E-state index in [4.69, 9.17) is 5.11 Å². The zero-order valence-electron chi connectivity index (χ0n) is 10.5. The minimum absolute atomic E-state index is 0.0274. The molecule has 0 unspecified atom stereocenters. The SMILES string of the molecule is O=C(Cn1cc(Br)ccc1=O)NCCSCCCO. The van der Waals surface area contributed by atoms with E-state index in [-0.39, 0.29) is 24.6 Å². The van der Waals surface area contributed by atoms with Crippen molar-refractivity contribution in [1.82, 2.24) is 9.88 Å². The van der Waals surface area contributed by atoms with E-state index in [1.54, 1.807) is 24.0 Å². The lowest BCUT2D eigenvalue weighted by molar-refractivity contribution is -0.121. The van der Waals surface area contributed by atoms with Crippen molar-refractivity contribution in [3.05, 3.63) is 33.2 Å². The van der Waals surface area contributed by atoms with E-state index in [0.717, 1.165) is 22.4 Å². The van der Waals surface area contributed by atoms with Crippen molar-refractivity contribution >= 4 is 33.6 Å². The second-order valence-corrected chi connectivity index (χ2v) is 5.99. The van der Waals surface area contributed by atoms with Gasteiger partial charge in [-0.1, -0.05) is 0 Å². The maximum atomic E-state index is 11.6. The highest BCUT2D eigenvalue weighted by atomic mass is 79.9. The van der Waals surface area contributed by atoms with Gasteiger partial charge in [0.1, 0.15) is 6.54 Å². The van der Waals surface area contributed by atoms with Crippen molar-refractivity contribution in [3.63, 3.8) is 0 Å². The van der Waals surface area contributed by atoms with Gasteiger partial charge in [0, 0.05) is 35.6 Å². The van der Waals surface area contributed by atoms with E-state index in [1.165, 1.54) is 10.6 Å². The number of rotatable bonds is 8. The molecule has 0 saturated heterocycles. The second-order valence-electron chi connectivity index (χ2n) is 3.85. The number of nitrogens with zero attached hydrogens (tertiary/aromatic N) is 1. The van der Waals surface area contributed by atoms with E-state index in [0.29, 0.717) is 6.54 Å². The number of hydrogen-bond acceptors (Lipinski definition) is 4. The van der Waals surface area contributed by atoms with Gasteiger partial charge in [0.2, 0.25) is 5.91 Å². The number of aliphatic hydroxyl groups excluding tert-OH is 1. The number of carbonyl (C=O) groups excluding carboxylic acids is 1. The van der Waals surface area contributed by atoms with E-state index in [9.17, 15) is 9.59 Å². The molecule has 0 bridgehead atoms. The van der Waals surface area contributed by atoms with Crippen LogP contribution in [-0.4, -0.2) is 40.2 Å². The van der Waals surface area contributed by atoms with Crippen molar-refractivity contribution < 1.29 is 9.90 Å². The lowest BCUT2D eigenvalue weighted by Gasteiger charge is -2.07. The number of halogens is 1. The largest absolute Gasteiger partial charge is 0.396 e. The van der Waals surface area contributed by atoms with E-state index in [2.05, 4.69) is 21.2 Å². The zero-order chi connectivity index (χ0) is 14.1. The van der Waals surface area contributed by atoms with Crippen LogP contribution in [0.1, 0.15) is 6.42 Å². The average Bonchev–Trinajstić information content (AvgIpc) is 2.38. The smallest absolute Gasteiger partial charge is 0.251 e. The highest BCUT2D eigenvalue weighted by Gasteiger charge is 2.04. The number of nitrogens with one attached hydrogen (secondary N) is 1. The number of aliphatic hydroxyl groups is 1. The van der Waals surface area contributed by atoms with Gasteiger partial charge in [0.25, 0.3) is 5.56 Å². The molecule has 0 fully saturated rings. The summed E-state index contributed by atoms with van der Waals surface area (Å²) in [5.41, 5.74) is -0.198. The van der Waals surface area contributed by atoms with Crippen LogP contribution in [0.15, 0.2) is 27.6 Å². The van der Waals surface area contributed by atoms with Gasteiger partial charge in [-0.2, -0.15) is 11.8 Å². The van der Waals surface area contributed by atoms with Crippen LogP contribution in [0.2, 0.25) is 0 Å². The Kier molecular flexibility index (Phi) is 7.85. The number of amides is 1. The van der Waals surface area contributed by atoms with Gasteiger partial charge in [-0.25, -0.2) is 0 Å². The number of carbonyl (C=O) groups is 1. The molecule has 19 heavy (non-hydrogen) atoms. The van der Waals surface area contributed by atoms with Gasteiger partial charge >= 0.3 is 0 Å². The standard InChI is InChI=1S/C12H17BrN2O3S/c13-10-2-3-12(18)15(8-10)9-11(17)14-4-7-19-6-1-5-16/h2-3,8,16H,1,4-7,9H2,(H,14,17). The van der Waals surface area contributed by atoms with Crippen molar-refractivity contribution in [2.75, 3.05) is 24.7 Å². The van der Waals surface area contributed by atoms with Crippen LogP contribution in [0.25, 0.3) is 0 Å². The molecule has 0 radical (unpaired) electrons. The molecule has 1 aromatic heterocycles. The summed E-state index contributed by atoms with van der Waals surface area (Å²) >= 11 is 4.94. The minimum atomic E-state index is -0.198. The Morgan fingerprint density at radius 1 is 1.42 bits per heavy atom. The number of thioether (sulfide) groups is 1. The summed E-state index contributed by atoms with van der Waals surface area (Å²) in [6.45, 7) is 0.794. The fourth-order valence-corrected chi connectivity index (χ4v) is 2.53. The highest BCUT2D eigenvalue weighted by Crippen LogP contribution is 2.04. The average molecular weight is 349 g/mol. The molecule has 0 saturated carbocycles. The second kappa shape index (κ2) is 9.17. The summed E-state index contributed by atoms with van der Waals surface area (Å²) in [6, 6.07) is 3.07. The molecule has 1 amide bonds. The Balaban J connectivity index is 2.27.